The number of nitrogens with zero attached hydrogens (tertiary/aromatic N) is 2. The Hall–Kier alpha value is -1.29. The molecule has 0 saturated heterocycles. The summed E-state index contributed by atoms with van der Waals surface area (Å²) in [6.07, 6.45) is 0. The Labute approximate surface area is 134 Å². The molecule has 1 radical (unpaired) electrons. The molecule has 0 aliphatic rings. The predicted octanol–water partition coefficient (Wildman–Crippen LogP) is 1.04. The van der Waals surface area contributed by atoms with Crippen LogP contribution >= 0.6 is 0 Å². The zero-order chi connectivity index (χ0) is 15.4. The predicted molar refractivity (Wildman–Crippen MR) is 88.4 cm³/mol. The fourth-order valence-corrected chi connectivity index (χ4v) is 3.18. The molecule has 0 aliphatic heterocycles. The summed E-state index contributed by atoms with van der Waals surface area (Å²) < 4.78 is 2.91. The van der Waals surface area contributed by atoms with Crippen molar-refractivity contribution in [3.8, 4) is 0 Å². The fraction of sp³-hybridized carbons (Fsp3) is 0.438. The van der Waals surface area contributed by atoms with Gasteiger partial charge in [-0.05, 0) is 0 Å². The van der Waals surface area contributed by atoms with E-state index in [2.05, 4.69) is 40.1 Å². The number of amides is 1. The van der Waals surface area contributed by atoms with Gasteiger partial charge in [-0.2, -0.15) is 0 Å². The molecular formula is C16H22N3OSe. The van der Waals surface area contributed by atoms with Crippen LogP contribution < -0.4 is 9.91 Å². The molecule has 113 valence electrons. The van der Waals surface area contributed by atoms with E-state index >= 15 is 0 Å². The van der Waals surface area contributed by atoms with Crippen LogP contribution in [0.5, 0.6) is 0 Å². The normalized spacial score (nSPS) is 11.2. The minimum atomic E-state index is -0.00675. The van der Waals surface area contributed by atoms with Gasteiger partial charge in [0.2, 0.25) is 0 Å². The topological polar surface area (TPSA) is 37.3 Å². The minimum absolute atomic E-state index is 0.00675. The first-order chi connectivity index (χ1) is 10.1. The Morgan fingerprint density at radius 1 is 1.29 bits per heavy atom. The quantitative estimate of drug-likeness (QED) is 0.790. The second kappa shape index (κ2) is 7.12. The van der Waals surface area contributed by atoms with Crippen molar-refractivity contribution >= 4 is 37.4 Å². The van der Waals surface area contributed by atoms with Gasteiger partial charge in [0, 0.05) is 0 Å². The Morgan fingerprint density at radius 3 is 2.62 bits per heavy atom. The van der Waals surface area contributed by atoms with E-state index in [1.54, 1.807) is 0 Å². The number of hydrogen-bond donors (Lipinski definition) is 1. The number of carbonyl (C=O) groups excluding carboxylic acids is 1. The molecule has 1 heterocycles. The molecule has 0 aliphatic carbocycles. The van der Waals surface area contributed by atoms with Crippen molar-refractivity contribution in [2.24, 2.45) is 7.05 Å². The molecule has 4 nitrogen and oxygen atoms in total. The second-order valence-electron chi connectivity index (χ2n) is 5.04. The molecule has 1 aromatic carbocycles. The van der Waals surface area contributed by atoms with Gasteiger partial charge in [-0.1, -0.05) is 0 Å². The Balaban J connectivity index is 2.15. The third-order valence-electron chi connectivity index (χ3n) is 3.89. The Bertz CT molecular complexity index is 632. The first kappa shape index (κ1) is 16.1. The third-order valence-corrected chi connectivity index (χ3v) is 4.89. The molecule has 1 aromatic heterocycles. The number of carbonyl (C=O) groups is 1. The van der Waals surface area contributed by atoms with Gasteiger partial charge in [0.05, 0.1) is 0 Å². The number of hydrogen-bond acceptors (Lipinski definition) is 2. The summed E-state index contributed by atoms with van der Waals surface area (Å²) in [7, 11) is 1.97. The fourth-order valence-electron chi connectivity index (χ4n) is 2.55. The van der Waals surface area contributed by atoms with E-state index < -0.39 is 0 Å². The number of fused-ring (bicyclic) bond motifs is 1. The van der Waals surface area contributed by atoms with Crippen LogP contribution in [0.15, 0.2) is 24.3 Å². The van der Waals surface area contributed by atoms with Crippen LogP contribution in [0.4, 0.5) is 0 Å². The molecule has 1 amide bonds. The van der Waals surface area contributed by atoms with Crippen molar-refractivity contribution < 1.29 is 4.79 Å². The van der Waals surface area contributed by atoms with Crippen molar-refractivity contribution in [2.75, 3.05) is 26.2 Å². The summed E-state index contributed by atoms with van der Waals surface area (Å²) in [4.78, 5) is 14.8. The van der Waals surface area contributed by atoms with Gasteiger partial charge in [-0.3, -0.25) is 0 Å². The first-order valence-electron chi connectivity index (χ1n) is 7.35. The van der Waals surface area contributed by atoms with Crippen molar-refractivity contribution in [3.05, 3.63) is 29.8 Å². The molecule has 1 N–H and O–H groups in total. The van der Waals surface area contributed by atoms with Crippen molar-refractivity contribution in [2.45, 2.75) is 13.8 Å². The molecule has 0 atom stereocenters. The molecule has 0 bridgehead atoms. The first-order valence-corrected chi connectivity index (χ1v) is 8.20. The van der Waals surface area contributed by atoms with Crippen molar-refractivity contribution in [1.82, 2.24) is 14.8 Å². The number of benzene rings is 1. The molecule has 0 spiro atoms. The molecule has 2 aromatic rings. The van der Waals surface area contributed by atoms with Crippen LogP contribution in [0.2, 0.25) is 0 Å². The van der Waals surface area contributed by atoms with Gasteiger partial charge in [-0.25, -0.2) is 0 Å². The van der Waals surface area contributed by atoms with Crippen molar-refractivity contribution in [3.63, 3.8) is 0 Å². The van der Waals surface area contributed by atoms with E-state index in [0.29, 0.717) is 6.54 Å². The van der Waals surface area contributed by atoms with Gasteiger partial charge in [0.25, 0.3) is 0 Å². The third kappa shape index (κ3) is 3.31. The average molecular weight is 351 g/mol. The zero-order valence-electron chi connectivity index (χ0n) is 12.8. The molecule has 21 heavy (non-hydrogen) atoms. The van der Waals surface area contributed by atoms with Gasteiger partial charge < -0.3 is 0 Å². The summed E-state index contributed by atoms with van der Waals surface area (Å²) in [6.45, 7) is 7.83. The molecule has 0 unspecified atom stereocenters. The average Bonchev–Trinajstić information content (AvgIpc) is 2.76. The van der Waals surface area contributed by atoms with Crippen LogP contribution in [0, 0.1) is 0 Å². The number of para-hydroxylation sites is 1. The molecule has 0 saturated carbocycles. The van der Waals surface area contributed by atoms with E-state index in [9.17, 15) is 4.79 Å². The number of aryl methyl sites for hydroxylation is 1. The van der Waals surface area contributed by atoms with Crippen LogP contribution in [0.3, 0.4) is 0 Å². The SMILES string of the molecule is CCN(CC)CCNC(=O)c1c([Se])n(C)c2ccccc12. The molecular weight excluding hydrogens is 329 g/mol. The number of likely N-dealkylation sites (N-methyl/N-ethyl adjacent to an activating group) is 1. The zero-order valence-corrected chi connectivity index (χ0v) is 14.6. The Kier molecular flexibility index (Phi) is 5.45. The van der Waals surface area contributed by atoms with Crippen LogP contribution in [-0.2, 0) is 7.05 Å². The van der Waals surface area contributed by atoms with E-state index in [0.717, 1.165) is 40.7 Å². The number of aromatic nitrogens is 1. The Morgan fingerprint density at radius 2 is 1.95 bits per heavy atom. The van der Waals surface area contributed by atoms with Gasteiger partial charge in [-0.15, -0.1) is 0 Å². The second-order valence-corrected chi connectivity index (χ2v) is 5.85. The van der Waals surface area contributed by atoms with Crippen LogP contribution in [0.25, 0.3) is 10.9 Å². The summed E-state index contributed by atoms with van der Waals surface area (Å²) in [5, 5.41) is 4.02. The maximum absolute atomic E-state index is 12.5. The molecule has 2 rings (SSSR count). The summed E-state index contributed by atoms with van der Waals surface area (Å²) >= 11 is 3.02. The monoisotopic (exact) mass is 352 g/mol. The number of nitrogens with one attached hydrogen (secondary N) is 1. The van der Waals surface area contributed by atoms with E-state index in [4.69, 9.17) is 0 Å². The van der Waals surface area contributed by atoms with Crippen molar-refractivity contribution in [1.29, 1.82) is 0 Å². The van der Waals surface area contributed by atoms with E-state index in [-0.39, 0.29) is 5.91 Å². The molecule has 0 fully saturated rings. The summed E-state index contributed by atoms with van der Waals surface area (Å²) in [5.41, 5.74) is 1.81. The van der Waals surface area contributed by atoms with E-state index in [1.807, 2.05) is 35.9 Å². The van der Waals surface area contributed by atoms with Crippen LogP contribution in [-0.4, -0.2) is 57.6 Å². The maximum atomic E-state index is 12.5. The van der Waals surface area contributed by atoms with Gasteiger partial charge in [0.15, 0.2) is 0 Å². The standard InChI is InChI=1S/C16H22N3OSe/c1-4-19(5-2)11-10-17-15(20)14-12-8-6-7-9-13(12)18(3)16(14)21/h6-9H,4-5,10-11H2,1-3H3,(H,17,20). The van der Waals surface area contributed by atoms with E-state index in [1.165, 1.54) is 0 Å². The van der Waals surface area contributed by atoms with Gasteiger partial charge >= 0.3 is 134 Å². The molecule has 5 heteroatoms. The number of rotatable bonds is 6. The summed E-state index contributed by atoms with van der Waals surface area (Å²) in [5.74, 6) is -0.00675. The summed E-state index contributed by atoms with van der Waals surface area (Å²) in [6, 6.07) is 7.98. The van der Waals surface area contributed by atoms with Gasteiger partial charge in [0.1, 0.15) is 0 Å². The van der Waals surface area contributed by atoms with Crippen LogP contribution in [0.1, 0.15) is 24.2 Å².